The zero-order valence-corrected chi connectivity index (χ0v) is 14.0. The number of morpholine rings is 1. The molecule has 7 heteroatoms. The first kappa shape index (κ1) is 16.9. The number of ether oxygens (including phenoxy) is 3. The number of fused-ring (bicyclic) bond motifs is 1. The number of carbonyl (C=O) groups is 1. The summed E-state index contributed by atoms with van der Waals surface area (Å²) in [7, 11) is 0. The molecule has 132 valence electrons. The molecule has 2 heterocycles. The lowest BCUT2D eigenvalue weighted by Gasteiger charge is -2.32. The average Bonchev–Trinajstić information content (AvgIpc) is 2.65. The van der Waals surface area contributed by atoms with Gasteiger partial charge < -0.3 is 24.8 Å². The summed E-state index contributed by atoms with van der Waals surface area (Å²) in [6, 6.07) is 7.66. The van der Waals surface area contributed by atoms with Crippen LogP contribution in [0.4, 0.5) is 4.79 Å². The second kappa shape index (κ2) is 8.21. The van der Waals surface area contributed by atoms with E-state index in [0.717, 1.165) is 37.8 Å². The van der Waals surface area contributed by atoms with E-state index in [-0.39, 0.29) is 12.1 Å². The van der Waals surface area contributed by atoms with Crippen molar-refractivity contribution in [3.05, 3.63) is 24.3 Å². The van der Waals surface area contributed by atoms with Crippen LogP contribution in [0, 0.1) is 0 Å². The van der Waals surface area contributed by atoms with Crippen LogP contribution >= 0.6 is 0 Å². The molecule has 2 N–H and O–H groups in total. The molecule has 2 aliphatic heterocycles. The Kier molecular flexibility index (Phi) is 5.77. The van der Waals surface area contributed by atoms with Gasteiger partial charge in [-0.2, -0.15) is 0 Å². The van der Waals surface area contributed by atoms with Gasteiger partial charge in [-0.15, -0.1) is 0 Å². The Morgan fingerprint density at radius 3 is 2.79 bits per heavy atom. The third-order valence-corrected chi connectivity index (χ3v) is 4.28. The van der Waals surface area contributed by atoms with Crippen molar-refractivity contribution < 1.29 is 19.0 Å². The molecule has 7 nitrogen and oxygen atoms in total. The van der Waals surface area contributed by atoms with Gasteiger partial charge in [0.05, 0.1) is 19.8 Å². The van der Waals surface area contributed by atoms with Crippen LogP contribution in [0.15, 0.2) is 24.3 Å². The molecular weight excluding hydrogens is 310 g/mol. The van der Waals surface area contributed by atoms with Gasteiger partial charge in [0.2, 0.25) is 0 Å². The minimum absolute atomic E-state index is 0.178. The van der Waals surface area contributed by atoms with E-state index in [4.69, 9.17) is 14.2 Å². The number of para-hydroxylation sites is 2. The van der Waals surface area contributed by atoms with Crippen molar-refractivity contribution in [1.29, 1.82) is 0 Å². The minimum Gasteiger partial charge on any atom is -0.486 e. The molecule has 0 radical (unpaired) electrons. The summed E-state index contributed by atoms with van der Waals surface area (Å²) in [6.07, 6.45) is -0.178. The Hall–Kier alpha value is -1.99. The predicted molar refractivity (Wildman–Crippen MR) is 89.6 cm³/mol. The molecule has 1 aromatic rings. The summed E-state index contributed by atoms with van der Waals surface area (Å²) >= 11 is 0. The van der Waals surface area contributed by atoms with Crippen LogP contribution in [0.25, 0.3) is 0 Å². The van der Waals surface area contributed by atoms with Gasteiger partial charge in [0.15, 0.2) is 17.6 Å². The van der Waals surface area contributed by atoms with Crippen LogP contribution in [0.3, 0.4) is 0 Å². The number of carbonyl (C=O) groups excluding carboxylic acids is 1. The molecule has 1 saturated heterocycles. The van der Waals surface area contributed by atoms with Crippen molar-refractivity contribution in [2.75, 3.05) is 46.0 Å². The quantitative estimate of drug-likeness (QED) is 0.835. The number of rotatable bonds is 5. The van der Waals surface area contributed by atoms with Crippen molar-refractivity contribution in [2.45, 2.75) is 19.1 Å². The maximum atomic E-state index is 12.0. The first-order chi connectivity index (χ1) is 11.7. The third kappa shape index (κ3) is 4.52. The summed E-state index contributed by atoms with van der Waals surface area (Å²) in [5.41, 5.74) is 0. The van der Waals surface area contributed by atoms with Crippen LogP contribution in [-0.4, -0.2) is 69.1 Å². The summed E-state index contributed by atoms with van der Waals surface area (Å²) in [5, 5.41) is 5.75. The number of nitrogens with zero attached hydrogens (tertiary/aromatic N) is 1. The second-order valence-corrected chi connectivity index (χ2v) is 6.09. The molecule has 0 saturated carbocycles. The van der Waals surface area contributed by atoms with Crippen molar-refractivity contribution in [3.63, 3.8) is 0 Å². The van der Waals surface area contributed by atoms with Gasteiger partial charge >= 0.3 is 6.03 Å². The van der Waals surface area contributed by atoms with Gasteiger partial charge in [-0.3, -0.25) is 4.90 Å². The number of urea groups is 1. The smallest absolute Gasteiger partial charge is 0.314 e. The highest BCUT2D eigenvalue weighted by Gasteiger charge is 2.21. The first-order valence-corrected chi connectivity index (χ1v) is 8.44. The van der Waals surface area contributed by atoms with Gasteiger partial charge in [-0.05, 0) is 19.1 Å². The second-order valence-electron chi connectivity index (χ2n) is 6.09. The molecule has 0 aromatic heterocycles. The lowest BCUT2D eigenvalue weighted by molar-refractivity contribution is 0.0208. The molecule has 1 fully saturated rings. The zero-order chi connectivity index (χ0) is 16.8. The maximum absolute atomic E-state index is 12.0. The van der Waals surface area contributed by atoms with Crippen LogP contribution in [0.5, 0.6) is 11.5 Å². The third-order valence-electron chi connectivity index (χ3n) is 4.28. The molecule has 2 amide bonds. The Morgan fingerprint density at radius 2 is 2.00 bits per heavy atom. The van der Waals surface area contributed by atoms with E-state index in [1.165, 1.54) is 0 Å². The lowest BCUT2D eigenvalue weighted by atomic mass is 10.2. The molecule has 24 heavy (non-hydrogen) atoms. The molecule has 0 spiro atoms. The fourth-order valence-electron chi connectivity index (χ4n) is 2.82. The molecular formula is C17H25N3O4. The molecule has 2 atom stereocenters. The summed E-state index contributed by atoms with van der Waals surface area (Å²) in [6.45, 7) is 6.91. The van der Waals surface area contributed by atoms with E-state index < -0.39 is 0 Å². The molecule has 0 unspecified atom stereocenters. The monoisotopic (exact) mass is 335 g/mol. The Morgan fingerprint density at radius 1 is 1.25 bits per heavy atom. The standard InChI is InChI=1S/C17H25N3O4/c1-13(20-6-8-22-9-7-20)10-18-17(21)19-11-14-12-23-15-4-2-3-5-16(15)24-14/h2-5,13-14H,6-12H2,1H3,(H2,18,19,21)/t13-,14-/m0/s1. The van der Waals surface area contributed by atoms with Crippen LogP contribution in [0.2, 0.25) is 0 Å². The first-order valence-electron chi connectivity index (χ1n) is 8.44. The Bertz CT molecular complexity index is 548. The summed E-state index contributed by atoms with van der Waals surface area (Å²) in [4.78, 5) is 14.3. The van der Waals surface area contributed by atoms with Crippen LogP contribution in [0.1, 0.15) is 6.92 Å². The van der Waals surface area contributed by atoms with Crippen molar-refractivity contribution in [2.24, 2.45) is 0 Å². The molecule has 3 rings (SSSR count). The normalized spacial score (nSPS) is 21.8. The fraction of sp³-hybridized carbons (Fsp3) is 0.588. The molecule has 1 aromatic carbocycles. The number of amides is 2. The van der Waals surface area contributed by atoms with E-state index >= 15 is 0 Å². The zero-order valence-electron chi connectivity index (χ0n) is 14.0. The summed E-state index contributed by atoms with van der Waals surface area (Å²) < 4.78 is 16.8. The van der Waals surface area contributed by atoms with Gasteiger partial charge in [0, 0.05) is 25.7 Å². The van der Waals surface area contributed by atoms with Gasteiger partial charge in [0.1, 0.15) is 6.61 Å². The topological polar surface area (TPSA) is 72.1 Å². The Balaban J connectivity index is 1.35. The van der Waals surface area contributed by atoms with Crippen molar-refractivity contribution >= 4 is 6.03 Å². The largest absolute Gasteiger partial charge is 0.486 e. The predicted octanol–water partition coefficient (Wildman–Crippen LogP) is 0.846. The molecule has 0 aliphatic carbocycles. The van der Waals surface area contributed by atoms with Gasteiger partial charge in [-0.1, -0.05) is 12.1 Å². The van der Waals surface area contributed by atoms with Gasteiger partial charge in [-0.25, -0.2) is 4.79 Å². The Labute approximate surface area is 142 Å². The van der Waals surface area contributed by atoms with E-state index in [1.54, 1.807) is 0 Å². The van der Waals surface area contributed by atoms with Gasteiger partial charge in [0.25, 0.3) is 0 Å². The van der Waals surface area contributed by atoms with E-state index in [2.05, 4.69) is 22.5 Å². The number of hydrogen-bond donors (Lipinski definition) is 2. The van der Waals surface area contributed by atoms with Crippen molar-refractivity contribution in [3.8, 4) is 11.5 Å². The molecule has 2 aliphatic rings. The fourth-order valence-corrected chi connectivity index (χ4v) is 2.82. The van der Waals surface area contributed by atoms with E-state index in [1.807, 2.05) is 24.3 Å². The summed E-state index contributed by atoms with van der Waals surface area (Å²) in [5.74, 6) is 1.47. The van der Waals surface area contributed by atoms with Crippen molar-refractivity contribution in [1.82, 2.24) is 15.5 Å². The lowest BCUT2D eigenvalue weighted by Crippen LogP contribution is -2.50. The molecule has 0 bridgehead atoms. The highest BCUT2D eigenvalue weighted by Crippen LogP contribution is 2.30. The number of benzene rings is 1. The number of nitrogens with one attached hydrogen (secondary N) is 2. The SMILES string of the molecule is C[C@@H](CNC(=O)NC[C@H]1COc2ccccc2O1)N1CCOCC1. The highest BCUT2D eigenvalue weighted by atomic mass is 16.6. The minimum atomic E-state index is -0.183. The highest BCUT2D eigenvalue weighted by molar-refractivity contribution is 5.73. The number of hydrogen-bond acceptors (Lipinski definition) is 5. The van der Waals surface area contributed by atoms with Crippen LogP contribution in [-0.2, 0) is 4.74 Å². The van der Waals surface area contributed by atoms with E-state index in [9.17, 15) is 4.79 Å². The van der Waals surface area contributed by atoms with Crippen LogP contribution < -0.4 is 20.1 Å². The maximum Gasteiger partial charge on any atom is 0.314 e. The average molecular weight is 335 g/mol. The van der Waals surface area contributed by atoms with E-state index in [0.29, 0.717) is 25.7 Å².